The van der Waals surface area contributed by atoms with Gasteiger partial charge in [0.15, 0.2) is 11.6 Å². The van der Waals surface area contributed by atoms with Crippen LogP contribution in [0, 0.1) is 11.6 Å². The maximum Gasteiger partial charge on any atom is 0.159 e. The van der Waals surface area contributed by atoms with Gasteiger partial charge in [0, 0.05) is 6.54 Å². The molecule has 0 unspecified atom stereocenters. The fourth-order valence-corrected chi connectivity index (χ4v) is 1.79. The van der Waals surface area contributed by atoms with Crippen molar-refractivity contribution in [1.29, 1.82) is 0 Å². The number of para-hydroxylation sites is 1. The van der Waals surface area contributed by atoms with E-state index >= 15 is 0 Å². The second-order valence-corrected chi connectivity index (χ2v) is 4.44. The molecular weight excluding hydrogens is 260 g/mol. The van der Waals surface area contributed by atoms with Crippen LogP contribution in [-0.4, -0.2) is 13.2 Å². The fraction of sp³-hybridized carbons (Fsp3) is 0.250. The van der Waals surface area contributed by atoms with E-state index in [1.807, 2.05) is 30.3 Å². The van der Waals surface area contributed by atoms with Gasteiger partial charge in [-0.3, -0.25) is 0 Å². The summed E-state index contributed by atoms with van der Waals surface area (Å²) < 4.78 is 31.3. The molecule has 0 atom stereocenters. The van der Waals surface area contributed by atoms with E-state index in [1.165, 1.54) is 6.07 Å². The Hall–Kier alpha value is -1.94. The lowest BCUT2D eigenvalue weighted by molar-refractivity contribution is 0.308. The monoisotopic (exact) mass is 277 g/mol. The first-order chi connectivity index (χ1) is 9.75. The summed E-state index contributed by atoms with van der Waals surface area (Å²) >= 11 is 0. The average Bonchev–Trinajstić information content (AvgIpc) is 2.47. The molecule has 106 valence electrons. The van der Waals surface area contributed by atoms with Crippen LogP contribution in [0.1, 0.15) is 12.0 Å². The molecule has 0 saturated carbocycles. The molecule has 0 fully saturated rings. The number of hydrogen-bond donors (Lipinski definition) is 1. The number of nitrogens with one attached hydrogen (secondary N) is 1. The van der Waals surface area contributed by atoms with Crippen LogP contribution in [-0.2, 0) is 6.54 Å². The molecule has 0 saturated heterocycles. The van der Waals surface area contributed by atoms with E-state index in [9.17, 15) is 8.78 Å². The average molecular weight is 277 g/mol. The molecule has 0 radical (unpaired) electrons. The Morgan fingerprint density at radius 1 is 0.950 bits per heavy atom. The van der Waals surface area contributed by atoms with Crippen molar-refractivity contribution in [3.8, 4) is 5.75 Å². The topological polar surface area (TPSA) is 21.3 Å². The van der Waals surface area contributed by atoms with Crippen molar-refractivity contribution in [1.82, 2.24) is 5.32 Å². The van der Waals surface area contributed by atoms with Crippen molar-refractivity contribution in [2.24, 2.45) is 0 Å². The van der Waals surface area contributed by atoms with Gasteiger partial charge in [0.2, 0.25) is 0 Å². The number of hydrogen-bond acceptors (Lipinski definition) is 2. The fourth-order valence-electron chi connectivity index (χ4n) is 1.79. The molecule has 0 amide bonds. The molecule has 0 aliphatic rings. The van der Waals surface area contributed by atoms with E-state index in [0.717, 1.165) is 30.3 Å². The minimum atomic E-state index is -0.815. The van der Waals surface area contributed by atoms with E-state index in [-0.39, 0.29) is 0 Å². The van der Waals surface area contributed by atoms with Gasteiger partial charge in [-0.25, -0.2) is 8.78 Å². The summed E-state index contributed by atoms with van der Waals surface area (Å²) in [5.74, 6) is -0.769. The first-order valence-corrected chi connectivity index (χ1v) is 6.58. The van der Waals surface area contributed by atoms with Gasteiger partial charge in [0.25, 0.3) is 0 Å². The lowest BCUT2D eigenvalue weighted by Crippen LogP contribution is -2.17. The van der Waals surface area contributed by atoms with Crippen LogP contribution in [0.2, 0.25) is 0 Å². The van der Waals surface area contributed by atoms with Gasteiger partial charge in [-0.2, -0.15) is 0 Å². The van der Waals surface area contributed by atoms with Gasteiger partial charge in [0.05, 0.1) is 6.61 Å². The largest absolute Gasteiger partial charge is 0.494 e. The van der Waals surface area contributed by atoms with Gasteiger partial charge < -0.3 is 10.1 Å². The molecule has 0 aliphatic heterocycles. The van der Waals surface area contributed by atoms with Crippen molar-refractivity contribution in [2.75, 3.05) is 13.2 Å². The molecule has 2 nitrogen and oxygen atoms in total. The van der Waals surface area contributed by atoms with Crippen LogP contribution in [0.4, 0.5) is 8.78 Å². The van der Waals surface area contributed by atoms with Crippen LogP contribution in [0.3, 0.4) is 0 Å². The molecule has 0 aliphatic carbocycles. The predicted molar refractivity (Wildman–Crippen MR) is 74.6 cm³/mol. The van der Waals surface area contributed by atoms with Gasteiger partial charge in [-0.1, -0.05) is 24.3 Å². The zero-order valence-corrected chi connectivity index (χ0v) is 11.1. The number of benzene rings is 2. The van der Waals surface area contributed by atoms with Crippen molar-refractivity contribution < 1.29 is 13.5 Å². The van der Waals surface area contributed by atoms with Gasteiger partial charge >= 0.3 is 0 Å². The van der Waals surface area contributed by atoms with Crippen LogP contribution in [0.15, 0.2) is 48.5 Å². The van der Waals surface area contributed by atoms with E-state index in [1.54, 1.807) is 6.07 Å². The second kappa shape index (κ2) is 7.60. The molecule has 2 aromatic carbocycles. The molecule has 0 heterocycles. The van der Waals surface area contributed by atoms with Crippen molar-refractivity contribution in [2.45, 2.75) is 13.0 Å². The molecule has 0 aromatic heterocycles. The van der Waals surface area contributed by atoms with E-state index < -0.39 is 11.6 Å². The van der Waals surface area contributed by atoms with E-state index in [4.69, 9.17) is 4.74 Å². The molecule has 20 heavy (non-hydrogen) atoms. The van der Waals surface area contributed by atoms with Crippen LogP contribution in [0.25, 0.3) is 0 Å². The Morgan fingerprint density at radius 3 is 2.50 bits per heavy atom. The lowest BCUT2D eigenvalue weighted by atomic mass is 10.2. The minimum absolute atomic E-state index is 0.516. The summed E-state index contributed by atoms with van der Waals surface area (Å²) in [5, 5.41) is 3.17. The Kier molecular flexibility index (Phi) is 5.50. The highest BCUT2D eigenvalue weighted by Gasteiger charge is 2.01. The Morgan fingerprint density at radius 2 is 1.75 bits per heavy atom. The molecule has 1 N–H and O–H groups in total. The summed E-state index contributed by atoms with van der Waals surface area (Å²) in [7, 11) is 0. The second-order valence-electron chi connectivity index (χ2n) is 4.44. The zero-order valence-electron chi connectivity index (χ0n) is 11.1. The van der Waals surface area contributed by atoms with Crippen molar-refractivity contribution >= 4 is 0 Å². The number of ether oxygens (including phenoxy) is 1. The van der Waals surface area contributed by atoms with Crippen molar-refractivity contribution in [3.63, 3.8) is 0 Å². The Bertz CT molecular complexity index is 531. The third-order valence-electron chi connectivity index (χ3n) is 2.82. The highest BCUT2D eigenvalue weighted by molar-refractivity contribution is 5.20. The lowest BCUT2D eigenvalue weighted by Gasteiger charge is -2.07. The first-order valence-electron chi connectivity index (χ1n) is 6.58. The van der Waals surface area contributed by atoms with E-state index in [0.29, 0.717) is 13.2 Å². The third kappa shape index (κ3) is 4.63. The van der Waals surface area contributed by atoms with E-state index in [2.05, 4.69) is 5.32 Å². The maximum atomic E-state index is 13.0. The minimum Gasteiger partial charge on any atom is -0.494 e. The molecule has 0 spiro atoms. The van der Waals surface area contributed by atoms with Crippen LogP contribution < -0.4 is 10.1 Å². The molecule has 2 rings (SSSR count). The summed E-state index contributed by atoms with van der Waals surface area (Å²) in [5.41, 5.74) is 0.730. The molecule has 2 aromatic rings. The SMILES string of the molecule is Fc1ccc(CNCCCOc2ccccc2)cc1F. The summed E-state index contributed by atoms with van der Waals surface area (Å²) in [6.45, 7) is 1.89. The smallest absolute Gasteiger partial charge is 0.159 e. The number of rotatable bonds is 7. The summed E-state index contributed by atoms with van der Waals surface area (Å²) in [6, 6.07) is 13.5. The van der Waals surface area contributed by atoms with Crippen molar-refractivity contribution in [3.05, 3.63) is 65.7 Å². The predicted octanol–water partition coefficient (Wildman–Crippen LogP) is 3.52. The zero-order chi connectivity index (χ0) is 14.2. The maximum absolute atomic E-state index is 13.0. The first kappa shape index (κ1) is 14.5. The quantitative estimate of drug-likeness (QED) is 0.782. The Balaban J connectivity index is 1.61. The molecule has 4 heteroatoms. The normalized spacial score (nSPS) is 10.5. The highest BCUT2D eigenvalue weighted by Crippen LogP contribution is 2.09. The molecular formula is C16H17F2NO. The third-order valence-corrected chi connectivity index (χ3v) is 2.82. The number of halogens is 2. The standard InChI is InChI=1S/C16H17F2NO/c17-15-8-7-13(11-16(15)18)12-19-9-4-10-20-14-5-2-1-3-6-14/h1-3,5-8,11,19H,4,9-10,12H2. The summed E-state index contributed by atoms with van der Waals surface area (Å²) in [6.07, 6.45) is 0.846. The van der Waals surface area contributed by atoms with Gasteiger partial charge in [-0.05, 0) is 42.8 Å². The summed E-state index contributed by atoms with van der Waals surface area (Å²) in [4.78, 5) is 0. The van der Waals surface area contributed by atoms with Gasteiger partial charge in [0.1, 0.15) is 5.75 Å². The highest BCUT2D eigenvalue weighted by atomic mass is 19.2. The van der Waals surface area contributed by atoms with Crippen LogP contribution in [0.5, 0.6) is 5.75 Å². The Labute approximate surface area is 117 Å². The van der Waals surface area contributed by atoms with Crippen LogP contribution >= 0.6 is 0 Å². The molecule has 0 bridgehead atoms. The van der Waals surface area contributed by atoms with Gasteiger partial charge in [-0.15, -0.1) is 0 Å².